The molecule has 0 fully saturated rings. The van der Waals surface area contributed by atoms with E-state index in [0.717, 1.165) is 4.90 Å². The van der Waals surface area contributed by atoms with Crippen LogP contribution >= 0.6 is 0 Å². The lowest BCUT2D eigenvalue weighted by Gasteiger charge is -2.20. The highest BCUT2D eigenvalue weighted by Gasteiger charge is 2.18. The van der Waals surface area contributed by atoms with E-state index in [1.807, 2.05) is 0 Å². The molecule has 9 heteroatoms. The van der Waals surface area contributed by atoms with Crippen molar-refractivity contribution >= 4 is 23.1 Å². The third-order valence-electron chi connectivity index (χ3n) is 3.30. The molecule has 0 bridgehead atoms. The molecule has 0 aliphatic heterocycles. The fourth-order valence-corrected chi connectivity index (χ4v) is 2.16. The van der Waals surface area contributed by atoms with Crippen molar-refractivity contribution in [2.75, 3.05) is 22.7 Å². The molecule has 24 heavy (non-hydrogen) atoms. The first-order chi connectivity index (χ1) is 11.7. The number of para-hydroxylation sites is 1. The molecule has 0 unspecified atom stereocenters. The van der Waals surface area contributed by atoms with Crippen molar-refractivity contribution in [3.8, 4) is 11.4 Å². The standard InChI is InChI=1S/C15H14FN7O/c16-9-23(11-4-2-1-3-5-11)15(24)18-13-7-6-10(17)8-12(13)14-19-21-22-20-14/h1-8H,9,17H2,(H,18,24)(H,19,20,21,22). The van der Waals surface area contributed by atoms with Crippen molar-refractivity contribution in [1.29, 1.82) is 0 Å². The lowest BCUT2D eigenvalue weighted by Crippen LogP contribution is -2.34. The van der Waals surface area contributed by atoms with Crippen molar-refractivity contribution in [1.82, 2.24) is 20.6 Å². The Morgan fingerprint density at radius 2 is 2.04 bits per heavy atom. The second-order valence-corrected chi connectivity index (χ2v) is 4.85. The maximum absolute atomic E-state index is 13.3. The number of nitrogens with one attached hydrogen (secondary N) is 2. The van der Waals surface area contributed by atoms with Gasteiger partial charge in [-0.1, -0.05) is 18.2 Å². The number of urea groups is 1. The molecule has 2 amide bonds. The van der Waals surface area contributed by atoms with Crippen LogP contribution in [0, 0.1) is 0 Å². The predicted octanol–water partition coefficient (Wildman–Crippen LogP) is 2.41. The number of aromatic nitrogens is 4. The summed E-state index contributed by atoms with van der Waals surface area (Å²) in [4.78, 5) is 13.4. The van der Waals surface area contributed by atoms with E-state index in [9.17, 15) is 9.18 Å². The zero-order valence-corrected chi connectivity index (χ0v) is 12.5. The van der Waals surface area contributed by atoms with Gasteiger partial charge in [-0.2, -0.15) is 5.21 Å². The molecule has 8 nitrogen and oxygen atoms in total. The number of hydrogen-bond donors (Lipinski definition) is 3. The number of amides is 2. The zero-order valence-electron chi connectivity index (χ0n) is 12.5. The van der Waals surface area contributed by atoms with Gasteiger partial charge in [-0.05, 0) is 35.5 Å². The number of H-pyrrole nitrogens is 1. The molecular weight excluding hydrogens is 313 g/mol. The van der Waals surface area contributed by atoms with Crippen LogP contribution in [0.4, 0.5) is 26.2 Å². The highest BCUT2D eigenvalue weighted by Crippen LogP contribution is 2.27. The van der Waals surface area contributed by atoms with E-state index < -0.39 is 12.8 Å². The van der Waals surface area contributed by atoms with Gasteiger partial charge >= 0.3 is 6.03 Å². The van der Waals surface area contributed by atoms with Crippen molar-refractivity contribution in [2.45, 2.75) is 0 Å². The van der Waals surface area contributed by atoms with Crippen LogP contribution in [-0.4, -0.2) is 33.5 Å². The maximum Gasteiger partial charge on any atom is 0.328 e. The number of benzene rings is 2. The zero-order chi connectivity index (χ0) is 16.9. The van der Waals surface area contributed by atoms with Gasteiger partial charge in [0, 0.05) is 16.9 Å². The lowest BCUT2D eigenvalue weighted by atomic mass is 10.1. The van der Waals surface area contributed by atoms with Gasteiger partial charge in [-0.3, -0.25) is 4.90 Å². The quantitative estimate of drug-likeness (QED) is 0.503. The topological polar surface area (TPSA) is 113 Å². The second-order valence-electron chi connectivity index (χ2n) is 4.85. The summed E-state index contributed by atoms with van der Waals surface area (Å²) in [6.45, 7) is -0.970. The highest BCUT2D eigenvalue weighted by molar-refractivity contribution is 6.03. The summed E-state index contributed by atoms with van der Waals surface area (Å²) >= 11 is 0. The van der Waals surface area contributed by atoms with Gasteiger partial charge < -0.3 is 11.1 Å². The van der Waals surface area contributed by atoms with Gasteiger partial charge in [-0.25, -0.2) is 9.18 Å². The average Bonchev–Trinajstić information content (AvgIpc) is 3.12. The van der Waals surface area contributed by atoms with E-state index >= 15 is 0 Å². The Kier molecular flexibility index (Phi) is 4.32. The van der Waals surface area contributed by atoms with E-state index in [1.54, 1.807) is 48.5 Å². The molecule has 4 N–H and O–H groups in total. The number of nitrogen functional groups attached to an aromatic ring is 1. The summed E-state index contributed by atoms with van der Waals surface area (Å²) < 4.78 is 13.3. The second kappa shape index (κ2) is 6.73. The maximum atomic E-state index is 13.3. The Labute approximate surface area is 136 Å². The minimum absolute atomic E-state index is 0.268. The summed E-state index contributed by atoms with van der Waals surface area (Å²) in [5.41, 5.74) is 7.55. The predicted molar refractivity (Wildman–Crippen MR) is 87.9 cm³/mol. The molecule has 0 atom stereocenters. The van der Waals surface area contributed by atoms with Crippen LogP contribution in [0.25, 0.3) is 11.4 Å². The number of aromatic amines is 1. The van der Waals surface area contributed by atoms with E-state index in [2.05, 4.69) is 25.9 Å². The number of carbonyl (C=O) groups excluding carboxylic acids is 1. The monoisotopic (exact) mass is 327 g/mol. The van der Waals surface area contributed by atoms with E-state index in [1.165, 1.54) is 0 Å². The number of anilines is 3. The fraction of sp³-hybridized carbons (Fsp3) is 0.0667. The molecule has 0 aliphatic carbocycles. The van der Waals surface area contributed by atoms with Crippen molar-refractivity contribution in [3.05, 3.63) is 48.5 Å². The lowest BCUT2D eigenvalue weighted by molar-refractivity contribution is 0.254. The molecule has 0 aliphatic rings. The molecular formula is C15H14FN7O. The van der Waals surface area contributed by atoms with Crippen LogP contribution in [0.15, 0.2) is 48.5 Å². The van der Waals surface area contributed by atoms with Gasteiger partial charge in [0.2, 0.25) is 5.82 Å². The van der Waals surface area contributed by atoms with Crippen molar-refractivity contribution < 1.29 is 9.18 Å². The summed E-state index contributed by atoms with van der Waals surface area (Å²) in [6, 6.07) is 12.7. The SMILES string of the molecule is Nc1ccc(NC(=O)N(CF)c2ccccc2)c(-c2nn[nH]n2)c1. The first-order valence-electron chi connectivity index (χ1n) is 7.02. The molecule has 0 saturated heterocycles. The Balaban J connectivity index is 1.89. The molecule has 0 saturated carbocycles. The fourth-order valence-electron chi connectivity index (χ4n) is 2.16. The van der Waals surface area contributed by atoms with Gasteiger partial charge in [0.25, 0.3) is 0 Å². The molecule has 1 heterocycles. The Morgan fingerprint density at radius 3 is 2.71 bits per heavy atom. The molecule has 2 aromatic carbocycles. The first-order valence-corrected chi connectivity index (χ1v) is 7.02. The van der Waals surface area contributed by atoms with Crippen LogP contribution in [0.5, 0.6) is 0 Å². The summed E-state index contributed by atoms with van der Waals surface area (Å²) in [6.07, 6.45) is 0. The number of nitrogens with zero attached hydrogens (tertiary/aromatic N) is 4. The van der Waals surface area contributed by atoms with E-state index in [4.69, 9.17) is 5.73 Å². The minimum Gasteiger partial charge on any atom is -0.399 e. The molecule has 0 spiro atoms. The third kappa shape index (κ3) is 3.14. The molecule has 3 aromatic rings. The van der Waals surface area contributed by atoms with E-state index in [-0.39, 0.29) is 5.82 Å². The number of alkyl halides is 1. The van der Waals surface area contributed by atoms with Crippen LogP contribution < -0.4 is 16.0 Å². The van der Waals surface area contributed by atoms with Crippen LogP contribution in [0.3, 0.4) is 0 Å². The average molecular weight is 327 g/mol. The van der Waals surface area contributed by atoms with Gasteiger partial charge in [-0.15, -0.1) is 10.2 Å². The number of hydrogen-bond acceptors (Lipinski definition) is 5. The number of nitrogens with two attached hydrogens (primary N) is 1. The van der Waals surface area contributed by atoms with Crippen LogP contribution in [0.1, 0.15) is 0 Å². The van der Waals surface area contributed by atoms with Gasteiger partial charge in [0.1, 0.15) is 0 Å². The first kappa shape index (κ1) is 15.4. The number of rotatable bonds is 4. The Bertz CT molecular complexity index is 823. The van der Waals surface area contributed by atoms with Gasteiger partial charge in [0.05, 0.1) is 5.69 Å². The normalized spacial score (nSPS) is 10.4. The molecule has 1 aromatic heterocycles. The van der Waals surface area contributed by atoms with Gasteiger partial charge in [0.15, 0.2) is 6.80 Å². The van der Waals surface area contributed by atoms with Crippen molar-refractivity contribution in [2.24, 2.45) is 0 Å². The molecule has 122 valence electrons. The third-order valence-corrected chi connectivity index (χ3v) is 3.30. The van der Waals surface area contributed by atoms with Crippen LogP contribution in [0.2, 0.25) is 0 Å². The van der Waals surface area contributed by atoms with Crippen molar-refractivity contribution in [3.63, 3.8) is 0 Å². The Hall–Kier alpha value is -3.49. The van der Waals surface area contributed by atoms with E-state index in [0.29, 0.717) is 22.6 Å². The molecule has 0 radical (unpaired) electrons. The molecule has 3 rings (SSSR count). The largest absolute Gasteiger partial charge is 0.399 e. The minimum atomic E-state index is -0.970. The highest BCUT2D eigenvalue weighted by atomic mass is 19.1. The smallest absolute Gasteiger partial charge is 0.328 e. The number of tetrazole rings is 1. The van der Waals surface area contributed by atoms with Crippen LogP contribution in [-0.2, 0) is 0 Å². The number of carbonyl (C=O) groups is 1. The summed E-state index contributed by atoms with van der Waals surface area (Å²) in [5, 5.41) is 16.2. The number of halogens is 1. The summed E-state index contributed by atoms with van der Waals surface area (Å²) in [5.74, 6) is 0.268. The Morgan fingerprint density at radius 1 is 1.25 bits per heavy atom. The summed E-state index contributed by atoms with van der Waals surface area (Å²) in [7, 11) is 0.